The van der Waals surface area contributed by atoms with Gasteiger partial charge >= 0.3 is 23.9 Å². The van der Waals surface area contributed by atoms with E-state index in [4.69, 9.17) is 18.9 Å². The van der Waals surface area contributed by atoms with Crippen LogP contribution in [0.15, 0.2) is 121 Å². The Kier molecular flexibility index (Phi) is 17.7. The molecule has 56 heavy (non-hydrogen) atoms. The van der Waals surface area contributed by atoms with E-state index >= 15 is 0 Å². The van der Waals surface area contributed by atoms with Crippen LogP contribution >= 0.6 is 0 Å². The highest BCUT2D eigenvalue weighted by Gasteiger charge is 2.21. The first-order valence-electron chi connectivity index (χ1n) is 17.6. The van der Waals surface area contributed by atoms with Crippen molar-refractivity contribution in [3.8, 4) is 23.0 Å². The van der Waals surface area contributed by atoms with Gasteiger partial charge in [-0.1, -0.05) is 72.8 Å². The largest absolute Gasteiger partial charge is 0.497 e. The number of benzene rings is 4. The summed E-state index contributed by atoms with van der Waals surface area (Å²) in [7, 11) is 6.25. The van der Waals surface area contributed by atoms with E-state index in [1.54, 1.807) is 126 Å². The minimum Gasteiger partial charge on any atom is -0.497 e. The summed E-state index contributed by atoms with van der Waals surface area (Å²) in [6.07, 6.45) is 6.94. The third kappa shape index (κ3) is 14.7. The van der Waals surface area contributed by atoms with Gasteiger partial charge in [0.2, 0.25) is 0 Å². The van der Waals surface area contributed by atoms with Crippen LogP contribution in [0.1, 0.15) is 22.3 Å². The second kappa shape index (κ2) is 22.6. The molecule has 0 aliphatic rings. The molecule has 4 aromatic rings. The average Bonchev–Trinajstić information content (AvgIpc) is 3.20. The third-order valence-corrected chi connectivity index (χ3v) is 8.88. The molecule has 0 spiro atoms. The molecule has 0 radical (unpaired) electrons. The molecule has 4 N–H and O–H groups in total. The van der Waals surface area contributed by atoms with Crippen LogP contribution in [-0.2, 0) is 44.9 Å². The number of carboxylic acids is 4. The van der Waals surface area contributed by atoms with Crippen LogP contribution in [0, 0.1) is 23.7 Å². The Morgan fingerprint density at radius 3 is 0.661 bits per heavy atom. The Morgan fingerprint density at radius 2 is 0.536 bits per heavy atom. The molecule has 0 saturated carbocycles. The maximum Gasteiger partial charge on any atom is 0.310 e. The molecule has 0 aliphatic heterocycles. The maximum atomic E-state index is 11.6. The van der Waals surface area contributed by atoms with Crippen molar-refractivity contribution in [2.75, 3.05) is 28.4 Å². The number of methoxy groups -OCH3 is 4. The normalized spacial score (nSPS) is 13.1. The van der Waals surface area contributed by atoms with Crippen molar-refractivity contribution in [1.82, 2.24) is 0 Å². The van der Waals surface area contributed by atoms with Crippen molar-refractivity contribution in [2.24, 2.45) is 23.7 Å². The number of carbonyl (C=O) groups is 4. The van der Waals surface area contributed by atoms with Crippen LogP contribution in [0.25, 0.3) is 0 Å². The zero-order valence-corrected chi connectivity index (χ0v) is 31.7. The summed E-state index contributed by atoms with van der Waals surface area (Å²) < 4.78 is 20.4. The Balaban J connectivity index is 0.000000300. The number of carboxylic acid groups (broad SMARTS) is 4. The highest BCUT2D eigenvalue weighted by molar-refractivity contribution is 5.76. The molecule has 12 nitrogen and oxygen atoms in total. The molecule has 2 unspecified atom stereocenters. The Hall–Kier alpha value is -6.56. The van der Waals surface area contributed by atoms with Gasteiger partial charge in [0, 0.05) is 0 Å². The zero-order valence-electron chi connectivity index (χ0n) is 31.7. The smallest absolute Gasteiger partial charge is 0.310 e. The van der Waals surface area contributed by atoms with Crippen LogP contribution in [-0.4, -0.2) is 72.7 Å². The van der Waals surface area contributed by atoms with Crippen molar-refractivity contribution in [1.29, 1.82) is 0 Å². The number of ether oxygens (including phenoxy) is 4. The molecule has 0 heterocycles. The molecule has 12 heteroatoms. The van der Waals surface area contributed by atoms with E-state index < -0.39 is 47.5 Å². The lowest BCUT2D eigenvalue weighted by Gasteiger charge is -2.12. The lowest BCUT2D eigenvalue weighted by atomic mass is 9.94. The fourth-order valence-electron chi connectivity index (χ4n) is 5.55. The lowest BCUT2D eigenvalue weighted by molar-refractivity contribution is -0.141. The van der Waals surface area contributed by atoms with E-state index in [0.717, 1.165) is 22.3 Å². The topological polar surface area (TPSA) is 186 Å². The summed E-state index contributed by atoms with van der Waals surface area (Å²) in [4.78, 5) is 46.4. The van der Waals surface area contributed by atoms with Gasteiger partial charge in [-0.15, -0.1) is 0 Å². The van der Waals surface area contributed by atoms with Crippen molar-refractivity contribution in [3.63, 3.8) is 0 Å². The molecule has 4 aromatic carbocycles. The van der Waals surface area contributed by atoms with Gasteiger partial charge in [-0.05, 0) is 96.5 Å². The van der Waals surface area contributed by atoms with E-state index in [9.17, 15) is 39.6 Å². The van der Waals surface area contributed by atoms with Crippen LogP contribution in [0.5, 0.6) is 23.0 Å². The van der Waals surface area contributed by atoms with Gasteiger partial charge in [0.25, 0.3) is 0 Å². The monoisotopic (exact) mass is 768 g/mol. The van der Waals surface area contributed by atoms with Gasteiger partial charge in [-0.25, -0.2) is 0 Å². The molecule has 296 valence electrons. The highest BCUT2D eigenvalue weighted by Crippen LogP contribution is 2.21. The van der Waals surface area contributed by atoms with Gasteiger partial charge in [0.15, 0.2) is 0 Å². The minimum absolute atomic E-state index is 0.269. The van der Waals surface area contributed by atoms with E-state index in [0.29, 0.717) is 23.0 Å². The second-order valence-corrected chi connectivity index (χ2v) is 12.8. The first kappa shape index (κ1) is 43.8. The molecule has 0 aliphatic carbocycles. The summed E-state index contributed by atoms with van der Waals surface area (Å²) in [6, 6.07) is 28.5. The van der Waals surface area contributed by atoms with Crippen LogP contribution in [0.4, 0.5) is 0 Å². The quantitative estimate of drug-likeness (QED) is 0.0683. The minimum atomic E-state index is -0.999. The first-order chi connectivity index (χ1) is 26.8. The van der Waals surface area contributed by atoms with Crippen molar-refractivity contribution < 1.29 is 58.6 Å². The highest BCUT2D eigenvalue weighted by atomic mass is 16.5. The molecule has 4 atom stereocenters. The lowest BCUT2D eigenvalue weighted by Crippen LogP contribution is -2.17. The van der Waals surface area contributed by atoms with Gasteiger partial charge < -0.3 is 39.4 Å². The standard InChI is InChI=1S/2C22H24O6/c2*1-27-19-9-3-15(4-10-19)13-17(21(23)24)7-8-18(22(25)26)14-16-5-11-20(28-2)12-6-16/h2*3-12,17-18H,13-14H2,1-2H3,(H,23,24)(H,25,26)/b8-7+;/t17-,18-;/m1./s1. The zero-order chi connectivity index (χ0) is 41.0. The summed E-state index contributed by atoms with van der Waals surface area (Å²) >= 11 is 0. The van der Waals surface area contributed by atoms with Crippen molar-refractivity contribution in [3.05, 3.63) is 144 Å². The molecule has 0 fully saturated rings. The molecule has 0 amide bonds. The van der Waals surface area contributed by atoms with Crippen LogP contribution < -0.4 is 18.9 Å². The number of aliphatic carboxylic acids is 4. The Bertz CT molecular complexity index is 1620. The summed E-state index contributed by atoms with van der Waals surface area (Å²) in [6.45, 7) is 0. The molecular formula is C44H48O12. The average molecular weight is 769 g/mol. The van der Waals surface area contributed by atoms with E-state index in [1.807, 2.05) is 0 Å². The Labute approximate surface area is 326 Å². The van der Waals surface area contributed by atoms with Crippen LogP contribution in [0.2, 0.25) is 0 Å². The predicted molar refractivity (Wildman–Crippen MR) is 210 cm³/mol. The predicted octanol–water partition coefficient (Wildman–Crippen LogP) is 6.89. The molecule has 0 saturated heterocycles. The van der Waals surface area contributed by atoms with E-state index in [2.05, 4.69) is 0 Å². The van der Waals surface area contributed by atoms with Crippen LogP contribution in [0.3, 0.4) is 0 Å². The van der Waals surface area contributed by atoms with Crippen molar-refractivity contribution in [2.45, 2.75) is 25.7 Å². The first-order valence-corrected chi connectivity index (χ1v) is 17.6. The molecule has 0 bridgehead atoms. The summed E-state index contributed by atoms with van der Waals surface area (Å²) in [5.41, 5.74) is 3.33. The van der Waals surface area contributed by atoms with Gasteiger partial charge in [0.05, 0.1) is 52.1 Å². The van der Waals surface area contributed by atoms with E-state index in [1.165, 1.54) is 24.3 Å². The second-order valence-electron chi connectivity index (χ2n) is 12.8. The Morgan fingerprint density at radius 1 is 0.375 bits per heavy atom. The van der Waals surface area contributed by atoms with E-state index in [-0.39, 0.29) is 25.7 Å². The van der Waals surface area contributed by atoms with Gasteiger partial charge in [0.1, 0.15) is 23.0 Å². The number of rotatable bonds is 20. The SMILES string of the molecule is COc1ccc(CC(C=CC(Cc2ccc(OC)cc2)C(=O)O)C(=O)O)cc1.COc1ccc(C[C@@H](/C=C/[C@H](Cc2ccc(OC)cc2)C(=O)O)C(=O)O)cc1. The molecule has 0 aromatic heterocycles. The fraction of sp³-hybridized carbons (Fsp3) is 0.273. The molecular weight excluding hydrogens is 720 g/mol. The number of hydrogen-bond acceptors (Lipinski definition) is 8. The summed E-state index contributed by atoms with van der Waals surface area (Å²) in [5.74, 6) is -4.49. The van der Waals surface area contributed by atoms with Gasteiger partial charge in [-0.2, -0.15) is 0 Å². The summed E-state index contributed by atoms with van der Waals surface area (Å²) in [5, 5.41) is 38.0. The van der Waals surface area contributed by atoms with Gasteiger partial charge in [-0.3, -0.25) is 19.2 Å². The fourth-order valence-corrected chi connectivity index (χ4v) is 5.55. The van der Waals surface area contributed by atoms with Crippen molar-refractivity contribution >= 4 is 23.9 Å². The molecule has 4 rings (SSSR count). The third-order valence-electron chi connectivity index (χ3n) is 8.88. The number of hydrogen-bond donors (Lipinski definition) is 4. The maximum absolute atomic E-state index is 11.6.